The van der Waals surface area contributed by atoms with E-state index in [1.807, 2.05) is 35.7 Å². The molecule has 0 aliphatic carbocycles. The molecule has 0 saturated carbocycles. The molecule has 2 aromatic rings. The van der Waals surface area contributed by atoms with Crippen LogP contribution < -0.4 is 11.5 Å². The molecule has 0 saturated heterocycles. The Labute approximate surface area is 116 Å². The van der Waals surface area contributed by atoms with Crippen LogP contribution in [-0.2, 0) is 4.74 Å². The molecule has 1 atom stereocenters. The number of carbonyl (C=O) groups is 1. The molecule has 0 unspecified atom stereocenters. The Balaban J connectivity index is 2.22. The highest BCUT2D eigenvalue weighted by atomic mass is 32.1. The third kappa shape index (κ3) is 3.01. The number of esters is 1. The van der Waals surface area contributed by atoms with Gasteiger partial charge in [-0.2, -0.15) is 0 Å². The molecule has 100 valence electrons. The average molecular weight is 276 g/mol. The molecule has 2 rings (SSSR count). The number of nitrogens with two attached hydrogens (primary N) is 2. The maximum absolute atomic E-state index is 11.4. The summed E-state index contributed by atoms with van der Waals surface area (Å²) in [4.78, 5) is 12.0. The summed E-state index contributed by atoms with van der Waals surface area (Å²) in [5.74, 6) is -0.307. The summed E-state index contributed by atoms with van der Waals surface area (Å²) in [5.41, 5.74) is 14.4. The molecular weight excluding hydrogens is 260 g/mol. The van der Waals surface area contributed by atoms with Gasteiger partial charge in [0.1, 0.15) is 4.88 Å². The van der Waals surface area contributed by atoms with Gasteiger partial charge in [0.15, 0.2) is 0 Å². The zero-order chi connectivity index (χ0) is 13.8. The highest BCUT2D eigenvalue weighted by Gasteiger charge is 2.10. The summed E-state index contributed by atoms with van der Waals surface area (Å²) in [5, 5.41) is 1.93. The molecule has 0 aliphatic heterocycles. The lowest BCUT2D eigenvalue weighted by Gasteiger charge is -2.09. The van der Waals surface area contributed by atoms with Gasteiger partial charge in [0.05, 0.1) is 7.11 Å². The first-order valence-electron chi connectivity index (χ1n) is 5.88. The zero-order valence-electron chi connectivity index (χ0n) is 10.6. The monoisotopic (exact) mass is 276 g/mol. The van der Waals surface area contributed by atoms with Gasteiger partial charge < -0.3 is 16.2 Å². The van der Waals surface area contributed by atoms with Crippen LogP contribution in [0.5, 0.6) is 0 Å². The molecule has 1 heterocycles. The standard InChI is InChI=1S/C14H16N2O2S/c1-18-14(17)13-6-11(8-19-13)9-2-4-10(5-3-9)12(16)7-15/h2-6,8,12H,7,15-16H2,1H3/t12-/m0/s1. The lowest BCUT2D eigenvalue weighted by molar-refractivity contribution is 0.0606. The minimum atomic E-state index is -0.307. The van der Waals surface area contributed by atoms with E-state index in [1.165, 1.54) is 18.4 Å². The topological polar surface area (TPSA) is 78.3 Å². The fraction of sp³-hybridized carbons (Fsp3) is 0.214. The number of hydrogen-bond donors (Lipinski definition) is 2. The van der Waals surface area contributed by atoms with Crippen molar-refractivity contribution in [2.45, 2.75) is 6.04 Å². The number of rotatable bonds is 4. The van der Waals surface area contributed by atoms with E-state index in [9.17, 15) is 4.79 Å². The highest BCUT2D eigenvalue weighted by molar-refractivity contribution is 7.12. The van der Waals surface area contributed by atoms with Crippen LogP contribution in [0.25, 0.3) is 11.1 Å². The van der Waals surface area contributed by atoms with E-state index >= 15 is 0 Å². The maximum atomic E-state index is 11.4. The summed E-state index contributed by atoms with van der Waals surface area (Å²) in [6.07, 6.45) is 0. The minimum absolute atomic E-state index is 0.137. The predicted octanol–water partition coefficient (Wildman–Crippen LogP) is 2.16. The largest absolute Gasteiger partial charge is 0.465 e. The van der Waals surface area contributed by atoms with Gasteiger partial charge in [0.2, 0.25) is 0 Å². The number of hydrogen-bond acceptors (Lipinski definition) is 5. The van der Waals surface area contributed by atoms with E-state index in [1.54, 1.807) is 0 Å². The van der Waals surface area contributed by atoms with E-state index < -0.39 is 0 Å². The van der Waals surface area contributed by atoms with Crippen molar-refractivity contribution < 1.29 is 9.53 Å². The van der Waals surface area contributed by atoms with Crippen molar-refractivity contribution in [2.24, 2.45) is 11.5 Å². The number of methoxy groups -OCH3 is 1. The third-order valence-electron chi connectivity index (χ3n) is 2.91. The average Bonchev–Trinajstić information content (AvgIpc) is 2.95. The number of carbonyl (C=O) groups excluding carboxylic acids is 1. The SMILES string of the molecule is COC(=O)c1cc(-c2ccc([C@@H](N)CN)cc2)cs1. The van der Waals surface area contributed by atoms with Gasteiger partial charge in [-0.15, -0.1) is 11.3 Å². The molecule has 0 radical (unpaired) electrons. The first-order valence-corrected chi connectivity index (χ1v) is 6.76. The Morgan fingerprint density at radius 2 is 2.00 bits per heavy atom. The van der Waals surface area contributed by atoms with Gasteiger partial charge >= 0.3 is 5.97 Å². The van der Waals surface area contributed by atoms with Crippen LogP contribution in [0.15, 0.2) is 35.7 Å². The van der Waals surface area contributed by atoms with Gasteiger partial charge in [-0.05, 0) is 28.1 Å². The predicted molar refractivity (Wildman–Crippen MR) is 77.1 cm³/mol. The van der Waals surface area contributed by atoms with E-state index in [2.05, 4.69) is 0 Å². The normalized spacial score (nSPS) is 12.2. The summed E-state index contributed by atoms with van der Waals surface area (Å²) < 4.78 is 4.69. The fourth-order valence-electron chi connectivity index (χ4n) is 1.75. The summed E-state index contributed by atoms with van der Waals surface area (Å²) >= 11 is 1.37. The molecule has 1 aromatic carbocycles. The second kappa shape index (κ2) is 5.97. The van der Waals surface area contributed by atoms with Gasteiger partial charge in [-0.25, -0.2) is 4.79 Å². The molecule has 0 amide bonds. The Bertz CT molecular complexity index is 563. The molecule has 0 fully saturated rings. The van der Waals surface area contributed by atoms with Crippen LogP contribution in [0.4, 0.5) is 0 Å². The molecule has 19 heavy (non-hydrogen) atoms. The summed E-state index contributed by atoms with van der Waals surface area (Å²) in [6.45, 7) is 0.421. The minimum Gasteiger partial charge on any atom is -0.465 e. The molecule has 0 bridgehead atoms. The van der Waals surface area contributed by atoms with Crippen molar-refractivity contribution in [3.05, 3.63) is 46.2 Å². The second-order valence-electron chi connectivity index (χ2n) is 4.16. The molecule has 0 spiro atoms. The number of ether oxygens (including phenoxy) is 1. The number of thiophene rings is 1. The Kier molecular flexibility index (Phi) is 4.31. The van der Waals surface area contributed by atoms with Gasteiger partial charge in [-0.1, -0.05) is 24.3 Å². The van der Waals surface area contributed by atoms with Gasteiger partial charge in [0.25, 0.3) is 0 Å². The van der Waals surface area contributed by atoms with Crippen molar-refractivity contribution in [3.8, 4) is 11.1 Å². The zero-order valence-corrected chi connectivity index (χ0v) is 11.4. The van der Waals surface area contributed by atoms with E-state index in [0.29, 0.717) is 11.4 Å². The Morgan fingerprint density at radius 3 is 2.58 bits per heavy atom. The lowest BCUT2D eigenvalue weighted by atomic mass is 10.0. The smallest absolute Gasteiger partial charge is 0.348 e. The van der Waals surface area contributed by atoms with Crippen molar-refractivity contribution in [1.82, 2.24) is 0 Å². The quantitative estimate of drug-likeness (QED) is 0.839. The Morgan fingerprint density at radius 1 is 1.32 bits per heavy atom. The molecule has 4 N–H and O–H groups in total. The van der Waals surface area contributed by atoms with Crippen LogP contribution >= 0.6 is 11.3 Å². The maximum Gasteiger partial charge on any atom is 0.348 e. The van der Waals surface area contributed by atoms with Gasteiger partial charge in [0, 0.05) is 12.6 Å². The number of benzene rings is 1. The lowest BCUT2D eigenvalue weighted by Crippen LogP contribution is -2.20. The van der Waals surface area contributed by atoms with E-state index in [0.717, 1.165) is 16.7 Å². The van der Waals surface area contributed by atoms with Crippen LogP contribution in [0.2, 0.25) is 0 Å². The van der Waals surface area contributed by atoms with Crippen LogP contribution in [0.1, 0.15) is 21.3 Å². The second-order valence-corrected chi connectivity index (χ2v) is 5.07. The van der Waals surface area contributed by atoms with Crippen molar-refractivity contribution >= 4 is 17.3 Å². The van der Waals surface area contributed by atoms with Crippen LogP contribution in [0, 0.1) is 0 Å². The van der Waals surface area contributed by atoms with Gasteiger partial charge in [-0.3, -0.25) is 0 Å². The van der Waals surface area contributed by atoms with E-state index in [-0.39, 0.29) is 12.0 Å². The van der Waals surface area contributed by atoms with Crippen LogP contribution in [0.3, 0.4) is 0 Å². The Hall–Kier alpha value is -1.69. The first-order chi connectivity index (χ1) is 9.15. The molecule has 0 aliphatic rings. The summed E-state index contributed by atoms with van der Waals surface area (Å²) in [7, 11) is 1.38. The molecular formula is C14H16N2O2S. The van der Waals surface area contributed by atoms with E-state index in [4.69, 9.17) is 16.2 Å². The molecule has 4 nitrogen and oxygen atoms in total. The molecule has 1 aromatic heterocycles. The van der Waals surface area contributed by atoms with Crippen LogP contribution in [-0.4, -0.2) is 19.6 Å². The summed E-state index contributed by atoms with van der Waals surface area (Å²) in [6, 6.07) is 9.57. The van der Waals surface area contributed by atoms with Crippen molar-refractivity contribution in [3.63, 3.8) is 0 Å². The fourth-order valence-corrected chi connectivity index (χ4v) is 2.59. The van der Waals surface area contributed by atoms with Crippen molar-refractivity contribution in [2.75, 3.05) is 13.7 Å². The molecule has 5 heteroatoms. The van der Waals surface area contributed by atoms with Crippen molar-refractivity contribution in [1.29, 1.82) is 0 Å². The highest BCUT2D eigenvalue weighted by Crippen LogP contribution is 2.27. The third-order valence-corrected chi connectivity index (χ3v) is 3.82. The first kappa shape index (κ1) is 13.7.